The molecule has 1 rings (SSSR count). The maximum absolute atomic E-state index is 2.34. The lowest BCUT2D eigenvalue weighted by molar-refractivity contribution is 0.601. The topological polar surface area (TPSA) is 0 Å². The van der Waals surface area contributed by atoms with Crippen LogP contribution >= 0.6 is 0 Å². The first-order chi connectivity index (χ1) is 6.95. The summed E-state index contributed by atoms with van der Waals surface area (Å²) in [6, 6.07) is 0. The smallest absolute Gasteiger partial charge is 0.0216 e. The third-order valence-electron chi connectivity index (χ3n) is 3.42. The SMILES string of the molecule is CC(C)=C1CCCC(C(C)C)=C1C(C)C. The Balaban J connectivity index is 3.25. The molecule has 0 heteroatoms. The molecule has 0 aliphatic heterocycles. The lowest BCUT2D eigenvalue weighted by Crippen LogP contribution is -2.13. The fraction of sp³-hybridized carbons (Fsp3) is 0.733. The molecule has 1 aliphatic carbocycles. The predicted octanol–water partition coefficient (Wildman–Crippen LogP) is 5.12. The summed E-state index contributed by atoms with van der Waals surface area (Å²) in [4.78, 5) is 0. The van der Waals surface area contributed by atoms with Crippen molar-refractivity contribution in [1.29, 1.82) is 0 Å². The molecule has 0 fully saturated rings. The summed E-state index contributed by atoms with van der Waals surface area (Å²) in [5.41, 5.74) is 6.57. The molecule has 0 atom stereocenters. The van der Waals surface area contributed by atoms with Crippen molar-refractivity contribution >= 4 is 0 Å². The maximum Gasteiger partial charge on any atom is -0.0216 e. The minimum absolute atomic E-state index is 0.688. The van der Waals surface area contributed by atoms with Crippen LogP contribution in [0.15, 0.2) is 22.3 Å². The molecule has 0 spiro atoms. The van der Waals surface area contributed by atoms with E-state index in [1.807, 2.05) is 0 Å². The van der Waals surface area contributed by atoms with Crippen LogP contribution in [0.1, 0.15) is 60.8 Å². The van der Waals surface area contributed by atoms with Gasteiger partial charge >= 0.3 is 0 Å². The Labute approximate surface area is 95.5 Å². The maximum atomic E-state index is 2.34. The van der Waals surface area contributed by atoms with Gasteiger partial charge in [0.15, 0.2) is 0 Å². The molecule has 0 aromatic carbocycles. The second-order valence-corrected chi connectivity index (χ2v) is 5.58. The Bertz CT molecular complexity index is 283. The molecule has 0 heterocycles. The van der Waals surface area contributed by atoms with E-state index < -0.39 is 0 Å². The van der Waals surface area contributed by atoms with Crippen LogP contribution in [0.5, 0.6) is 0 Å². The number of hydrogen-bond donors (Lipinski definition) is 0. The van der Waals surface area contributed by atoms with Crippen LogP contribution in [0, 0.1) is 11.8 Å². The third-order valence-corrected chi connectivity index (χ3v) is 3.42. The van der Waals surface area contributed by atoms with Crippen molar-refractivity contribution in [2.24, 2.45) is 11.8 Å². The van der Waals surface area contributed by atoms with Crippen molar-refractivity contribution in [2.45, 2.75) is 60.8 Å². The van der Waals surface area contributed by atoms with Gasteiger partial charge in [0.25, 0.3) is 0 Å². The summed E-state index contributed by atoms with van der Waals surface area (Å²) in [5, 5.41) is 0. The van der Waals surface area contributed by atoms with E-state index in [-0.39, 0.29) is 0 Å². The minimum atomic E-state index is 0.688. The lowest BCUT2D eigenvalue weighted by atomic mass is 9.76. The zero-order valence-electron chi connectivity index (χ0n) is 11.3. The second kappa shape index (κ2) is 5.01. The molecule has 15 heavy (non-hydrogen) atoms. The summed E-state index contributed by atoms with van der Waals surface area (Å²) in [5.74, 6) is 1.41. The Kier molecular flexibility index (Phi) is 4.19. The molecule has 0 aromatic heterocycles. The van der Waals surface area contributed by atoms with Crippen molar-refractivity contribution in [3.8, 4) is 0 Å². The highest BCUT2D eigenvalue weighted by Gasteiger charge is 2.22. The fourth-order valence-corrected chi connectivity index (χ4v) is 2.76. The van der Waals surface area contributed by atoms with Crippen LogP contribution in [0.2, 0.25) is 0 Å². The first-order valence-electron chi connectivity index (χ1n) is 6.34. The van der Waals surface area contributed by atoms with Gasteiger partial charge in [-0.3, -0.25) is 0 Å². The largest absolute Gasteiger partial charge is 0.0729 e. The van der Waals surface area contributed by atoms with E-state index in [2.05, 4.69) is 41.5 Å². The molecule has 0 radical (unpaired) electrons. The highest BCUT2D eigenvalue weighted by Crippen LogP contribution is 2.38. The third kappa shape index (κ3) is 2.74. The molecule has 0 nitrogen and oxygen atoms in total. The van der Waals surface area contributed by atoms with Gasteiger partial charge in [-0.15, -0.1) is 0 Å². The Morgan fingerprint density at radius 1 is 0.933 bits per heavy atom. The second-order valence-electron chi connectivity index (χ2n) is 5.58. The molecule has 0 N–H and O–H groups in total. The van der Waals surface area contributed by atoms with Gasteiger partial charge < -0.3 is 0 Å². The monoisotopic (exact) mass is 206 g/mol. The van der Waals surface area contributed by atoms with Crippen molar-refractivity contribution in [3.63, 3.8) is 0 Å². The molecule has 1 aliphatic rings. The van der Waals surface area contributed by atoms with Gasteiger partial charge in [-0.1, -0.05) is 38.8 Å². The van der Waals surface area contributed by atoms with Crippen LogP contribution in [0.25, 0.3) is 0 Å². The molecule has 0 saturated carbocycles. The molecule has 0 bridgehead atoms. The van der Waals surface area contributed by atoms with E-state index in [0.29, 0.717) is 5.92 Å². The van der Waals surface area contributed by atoms with Crippen molar-refractivity contribution < 1.29 is 0 Å². The van der Waals surface area contributed by atoms with Gasteiger partial charge in [0.1, 0.15) is 0 Å². The van der Waals surface area contributed by atoms with E-state index in [4.69, 9.17) is 0 Å². The van der Waals surface area contributed by atoms with Crippen molar-refractivity contribution in [1.82, 2.24) is 0 Å². The highest BCUT2D eigenvalue weighted by atomic mass is 14.3. The van der Waals surface area contributed by atoms with E-state index in [0.717, 1.165) is 5.92 Å². The summed E-state index contributed by atoms with van der Waals surface area (Å²) in [7, 11) is 0. The van der Waals surface area contributed by atoms with Crippen LogP contribution in [0.3, 0.4) is 0 Å². The standard InChI is InChI=1S/C15H26/c1-10(2)13-8-7-9-14(11(3)4)15(13)12(5)6/h10,12H,7-9H2,1-6H3. The highest BCUT2D eigenvalue weighted by molar-refractivity contribution is 5.42. The van der Waals surface area contributed by atoms with E-state index in [9.17, 15) is 0 Å². The first kappa shape index (κ1) is 12.5. The molecule has 0 aromatic rings. The van der Waals surface area contributed by atoms with Gasteiger partial charge in [-0.05, 0) is 56.1 Å². The summed E-state index contributed by atoms with van der Waals surface area (Å²) >= 11 is 0. The van der Waals surface area contributed by atoms with Gasteiger partial charge in [-0.25, -0.2) is 0 Å². The number of rotatable bonds is 2. The normalized spacial score (nSPS) is 18.0. The van der Waals surface area contributed by atoms with Crippen molar-refractivity contribution in [2.75, 3.05) is 0 Å². The molecule has 0 unspecified atom stereocenters. The van der Waals surface area contributed by atoms with E-state index in [1.54, 1.807) is 16.7 Å². The number of hydrogen-bond acceptors (Lipinski definition) is 0. The lowest BCUT2D eigenvalue weighted by Gasteiger charge is -2.29. The fourth-order valence-electron chi connectivity index (χ4n) is 2.76. The van der Waals surface area contributed by atoms with Crippen LogP contribution < -0.4 is 0 Å². The van der Waals surface area contributed by atoms with E-state index >= 15 is 0 Å². The van der Waals surface area contributed by atoms with E-state index in [1.165, 1.54) is 24.8 Å². The number of allylic oxidation sites excluding steroid dienone is 4. The predicted molar refractivity (Wildman–Crippen MR) is 68.9 cm³/mol. The summed E-state index contributed by atoms with van der Waals surface area (Å²) < 4.78 is 0. The quantitative estimate of drug-likeness (QED) is 0.588. The minimum Gasteiger partial charge on any atom is -0.0729 e. The Morgan fingerprint density at radius 2 is 1.53 bits per heavy atom. The van der Waals surface area contributed by atoms with Gasteiger partial charge in [0, 0.05) is 0 Å². The van der Waals surface area contributed by atoms with Gasteiger partial charge in [0.2, 0.25) is 0 Å². The van der Waals surface area contributed by atoms with Crippen LogP contribution in [-0.4, -0.2) is 0 Å². The Morgan fingerprint density at radius 3 is 1.93 bits per heavy atom. The molecular weight excluding hydrogens is 180 g/mol. The summed E-state index contributed by atoms with van der Waals surface area (Å²) in [6.07, 6.45) is 3.97. The Hall–Kier alpha value is -0.520. The average Bonchev–Trinajstić information content (AvgIpc) is 2.16. The van der Waals surface area contributed by atoms with Crippen molar-refractivity contribution in [3.05, 3.63) is 22.3 Å². The molecule has 0 saturated heterocycles. The van der Waals surface area contributed by atoms with Crippen LogP contribution in [-0.2, 0) is 0 Å². The van der Waals surface area contributed by atoms with Gasteiger partial charge in [0.05, 0.1) is 0 Å². The average molecular weight is 206 g/mol. The first-order valence-corrected chi connectivity index (χ1v) is 6.34. The molecule has 0 amide bonds. The zero-order chi connectivity index (χ0) is 11.6. The molecular formula is C15H26. The zero-order valence-corrected chi connectivity index (χ0v) is 11.3. The molecule has 86 valence electrons. The van der Waals surface area contributed by atoms with Crippen LogP contribution in [0.4, 0.5) is 0 Å². The van der Waals surface area contributed by atoms with Gasteiger partial charge in [-0.2, -0.15) is 0 Å². The summed E-state index contributed by atoms with van der Waals surface area (Å²) in [6.45, 7) is 13.9.